The van der Waals surface area contributed by atoms with Gasteiger partial charge in [0.1, 0.15) is 5.15 Å². The number of hydrogen-bond acceptors (Lipinski definition) is 4. The quantitative estimate of drug-likeness (QED) is 0.603. The second-order valence-electron chi connectivity index (χ2n) is 3.53. The van der Waals surface area contributed by atoms with E-state index in [1.807, 2.05) is 0 Å². The van der Waals surface area contributed by atoms with E-state index in [0.717, 1.165) is 47.9 Å². The van der Waals surface area contributed by atoms with Gasteiger partial charge in [0.25, 0.3) is 0 Å². The van der Waals surface area contributed by atoms with E-state index in [1.54, 1.807) is 0 Å². The van der Waals surface area contributed by atoms with Crippen molar-refractivity contribution in [1.82, 2.24) is 9.97 Å². The molecule has 0 radical (unpaired) electrons. The molecule has 0 atom stereocenters. The molecule has 1 aromatic rings. The standard InChI is InChI=1S/C10H13ClIN3O/c1-2-7-8(12)9(11)14-10(13-7)15-3-5-16-6-4-15/h2-6H2,1H3. The number of halogens is 2. The molecule has 0 unspecified atom stereocenters. The Morgan fingerprint density at radius 1 is 1.38 bits per heavy atom. The molecule has 0 aromatic carbocycles. The Morgan fingerprint density at radius 3 is 2.69 bits per heavy atom. The van der Waals surface area contributed by atoms with Crippen LogP contribution in [0.25, 0.3) is 0 Å². The van der Waals surface area contributed by atoms with Crippen LogP contribution in [-0.4, -0.2) is 36.3 Å². The summed E-state index contributed by atoms with van der Waals surface area (Å²) in [4.78, 5) is 11.0. The van der Waals surface area contributed by atoms with Gasteiger partial charge in [0.05, 0.1) is 22.5 Å². The molecule has 1 fully saturated rings. The van der Waals surface area contributed by atoms with Gasteiger partial charge in [-0.25, -0.2) is 4.98 Å². The first-order chi connectivity index (χ1) is 7.72. The van der Waals surface area contributed by atoms with Crippen LogP contribution in [0.2, 0.25) is 5.15 Å². The molecule has 6 heteroatoms. The molecular weight excluding hydrogens is 340 g/mol. The first kappa shape index (κ1) is 12.3. The van der Waals surface area contributed by atoms with Gasteiger partial charge >= 0.3 is 0 Å². The predicted octanol–water partition coefficient (Wildman–Crippen LogP) is 2.13. The topological polar surface area (TPSA) is 38.2 Å². The maximum atomic E-state index is 6.10. The van der Waals surface area contributed by atoms with Crippen molar-refractivity contribution in [3.05, 3.63) is 14.4 Å². The lowest BCUT2D eigenvalue weighted by atomic mass is 10.3. The van der Waals surface area contributed by atoms with Crippen LogP contribution in [0.15, 0.2) is 0 Å². The summed E-state index contributed by atoms with van der Waals surface area (Å²) in [6.45, 7) is 5.20. The van der Waals surface area contributed by atoms with Gasteiger partial charge in [-0.1, -0.05) is 18.5 Å². The Hall–Kier alpha value is -0.140. The molecule has 1 aromatic heterocycles. The summed E-state index contributed by atoms with van der Waals surface area (Å²) >= 11 is 8.29. The van der Waals surface area contributed by atoms with Crippen LogP contribution in [-0.2, 0) is 11.2 Å². The number of rotatable bonds is 2. The van der Waals surface area contributed by atoms with Gasteiger partial charge in [-0.3, -0.25) is 0 Å². The summed E-state index contributed by atoms with van der Waals surface area (Å²) in [6.07, 6.45) is 0.873. The zero-order valence-corrected chi connectivity index (χ0v) is 12.0. The van der Waals surface area contributed by atoms with Gasteiger partial charge in [-0.05, 0) is 29.0 Å². The highest BCUT2D eigenvalue weighted by Crippen LogP contribution is 2.23. The Kier molecular flexibility index (Phi) is 4.21. The number of anilines is 1. The molecule has 2 heterocycles. The SMILES string of the molecule is CCc1nc(N2CCOCC2)nc(Cl)c1I. The number of morpholine rings is 1. The van der Waals surface area contributed by atoms with Gasteiger partial charge in [-0.15, -0.1) is 0 Å². The maximum Gasteiger partial charge on any atom is 0.227 e. The predicted molar refractivity (Wildman–Crippen MR) is 72.2 cm³/mol. The van der Waals surface area contributed by atoms with E-state index in [2.05, 4.69) is 44.4 Å². The van der Waals surface area contributed by atoms with E-state index in [-0.39, 0.29) is 0 Å². The molecule has 16 heavy (non-hydrogen) atoms. The minimum Gasteiger partial charge on any atom is -0.378 e. The van der Waals surface area contributed by atoms with Gasteiger partial charge in [0.2, 0.25) is 5.95 Å². The fourth-order valence-electron chi connectivity index (χ4n) is 1.59. The van der Waals surface area contributed by atoms with Crippen molar-refractivity contribution in [2.75, 3.05) is 31.2 Å². The molecule has 0 saturated carbocycles. The molecule has 2 rings (SSSR count). The highest BCUT2D eigenvalue weighted by Gasteiger charge is 2.17. The lowest BCUT2D eigenvalue weighted by molar-refractivity contribution is 0.122. The summed E-state index contributed by atoms with van der Waals surface area (Å²) in [5.41, 5.74) is 1.02. The van der Waals surface area contributed by atoms with Crippen LogP contribution in [0.3, 0.4) is 0 Å². The Bertz CT molecular complexity index is 383. The second kappa shape index (κ2) is 5.46. The third-order valence-electron chi connectivity index (χ3n) is 2.50. The molecule has 1 aliphatic rings. The summed E-state index contributed by atoms with van der Waals surface area (Å²) in [7, 11) is 0. The van der Waals surface area contributed by atoms with Gasteiger partial charge in [0.15, 0.2) is 0 Å². The summed E-state index contributed by atoms with van der Waals surface area (Å²) in [5, 5.41) is 0.550. The van der Waals surface area contributed by atoms with Gasteiger partial charge in [-0.2, -0.15) is 4.98 Å². The highest BCUT2D eigenvalue weighted by atomic mass is 127. The van der Waals surface area contributed by atoms with Crippen molar-refractivity contribution in [2.24, 2.45) is 0 Å². The van der Waals surface area contributed by atoms with E-state index < -0.39 is 0 Å². The average Bonchev–Trinajstić information content (AvgIpc) is 2.33. The van der Waals surface area contributed by atoms with Crippen LogP contribution in [0.1, 0.15) is 12.6 Å². The molecule has 0 aliphatic carbocycles. The molecule has 0 bridgehead atoms. The van der Waals surface area contributed by atoms with Crippen LogP contribution in [0.5, 0.6) is 0 Å². The molecule has 0 amide bonds. The summed E-state index contributed by atoms with van der Waals surface area (Å²) in [5.74, 6) is 0.727. The molecule has 4 nitrogen and oxygen atoms in total. The largest absolute Gasteiger partial charge is 0.378 e. The Morgan fingerprint density at radius 2 is 2.06 bits per heavy atom. The van der Waals surface area contributed by atoms with Crippen LogP contribution < -0.4 is 4.90 Å². The minimum atomic E-state index is 0.550. The second-order valence-corrected chi connectivity index (χ2v) is 4.96. The fraction of sp³-hybridized carbons (Fsp3) is 0.600. The number of nitrogens with zero attached hydrogens (tertiary/aromatic N) is 3. The smallest absolute Gasteiger partial charge is 0.227 e. The first-order valence-electron chi connectivity index (χ1n) is 5.27. The first-order valence-corrected chi connectivity index (χ1v) is 6.72. The molecule has 1 saturated heterocycles. The van der Waals surface area contributed by atoms with E-state index in [1.165, 1.54) is 0 Å². The van der Waals surface area contributed by atoms with Crippen molar-refractivity contribution < 1.29 is 4.74 Å². The van der Waals surface area contributed by atoms with E-state index >= 15 is 0 Å². The van der Waals surface area contributed by atoms with Crippen molar-refractivity contribution in [1.29, 1.82) is 0 Å². The third kappa shape index (κ3) is 2.57. The average molecular weight is 354 g/mol. The van der Waals surface area contributed by atoms with Crippen molar-refractivity contribution in [3.8, 4) is 0 Å². The maximum absolute atomic E-state index is 6.10. The zero-order valence-electron chi connectivity index (χ0n) is 9.04. The van der Waals surface area contributed by atoms with Crippen molar-refractivity contribution >= 4 is 40.1 Å². The van der Waals surface area contributed by atoms with Crippen LogP contribution in [0, 0.1) is 3.57 Å². The fourth-order valence-corrected chi connectivity index (χ4v) is 2.40. The van der Waals surface area contributed by atoms with Crippen LogP contribution in [0.4, 0.5) is 5.95 Å². The molecule has 0 N–H and O–H groups in total. The highest BCUT2D eigenvalue weighted by molar-refractivity contribution is 14.1. The summed E-state index contributed by atoms with van der Waals surface area (Å²) < 4.78 is 6.26. The lowest BCUT2D eigenvalue weighted by Gasteiger charge is -2.27. The normalized spacial score (nSPS) is 16.6. The Balaban J connectivity index is 2.29. The third-order valence-corrected chi connectivity index (χ3v) is 4.22. The number of ether oxygens (including phenoxy) is 1. The van der Waals surface area contributed by atoms with Crippen LogP contribution >= 0.6 is 34.2 Å². The number of aromatic nitrogens is 2. The molecule has 88 valence electrons. The van der Waals surface area contributed by atoms with Gasteiger partial charge in [0, 0.05) is 13.1 Å². The number of hydrogen-bond donors (Lipinski definition) is 0. The van der Waals surface area contributed by atoms with Crippen molar-refractivity contribution in [3.63, 3.8) is 0 Å². The van der Waals surface area contributed by atoms with E-state index in [0.29, 0.717) is 5.15 Å². The van der Waals surface area contributed by atoms with E-state index in [9.17, 15) is 0 Å². The monoisotopic (exact) mass is 353 g/mol. The van der Waals surface area contributed by atoms with Gasteiger partial charge < -0.3 is 9.64 Å². The molecule has 0 spiro atoms. The Labute approximate surface area is 113 Å². The van der Waals surface area contributed by atoms with E-state index in [4.69, 9.17) is 16.3 Å². The molecular formula is C10H13ClIN3O. The zero-order chi connectivity index (χ0) is 11.5. The number of aryl methyl sites for hydroxylation is 1. The molecule has 1 aliphatic heterocycles. The summed E-state index contributed by atoms with van der Waals surface area (Å²) in [6, 6.07) is 0. The lowest BCUT2D eigenvalue weighted by Crippen LogP contribution is -2.37. The van der Waals surface area contributed by atoms with Crippen molar-refractivity contribution in [2.45, 2.75) is 13.3 Å². The minimum absolute atomic E-state index is 0.550.